The van der Waals surface area contributed by atoms with Crippen molar-refractivity contribution in [2.75, 3.05) is 17.7 Å². The highest BCUT2D eigenvalue weighted by molar-refractivity contribution is 6.35. The number of nitrogens with zero attached hydrogens (tertiary/aromatic N) is 2. The van der Waals surface area contributed by atoms with Crippen LogP contribution in [-0.4, -0.2) is 17.1 Å². The van der Waals surface area contributed by atoms with E-state index in [2.05, 4.69) is 20.6 Å². The van der Waals surface area contributed by atoms with Gasteiger partial charge >= 0.3 is 0 Å². The van der Waals surface area contributed by atoms with Crippen molar-refractivity contribution in [2.24, 2.45) is 0 Å². The van der Waals surface area contributed by atoms with Crippen LogP contribution in [0.2, 0.25) is 10.0 Å². The minimum absolute atomic E-state index is 0.458. The van der Waals surface area contributed by atoms with E-state index in [4.69, 9.17) is 27.9 Å². The second-order valence-corrected chi connectivity index (χ2v) is 7.27. The van der Waals surface area contributed by atoms with Crippen molar-refractivity contribution in [1.82, 2.24) is 9.97 Å². The van der Waals surface area contributed by atoms with Gasteiger partial charge in [0, 0.05) is 27.7 Å². The Balaban J connectivity index is 1.63. The minimum Gasteiger partial charge on any atom is -0.497 e. The molecule has 0 spiro atoms. The summed E-state index contributed by atoms with van der Waals surface area (Å²) in [6.07, 6.45) is 0. The zero-order valence-electron chi connectivity index (χ0n) is 15.6. The smallest absolute Gasteiger partial charge is 0.229 e. The molecule has 2 N–H and O–H groups in total. The molecule has 0 fully saturated rings. The molecule has 146 valence electrons. The Kier molecular flexibility index (Phi) is 5.69. The molecule has 1 aromatic heterocycles. The predicted octanol–water partition coefficient (Wildman–Crippen LogP) is 6.30. The van der Waals surface area contributed by atoms with Crippen LogP contribution in [0, 0.1) is 0 Å². The summed E-state index contributed by atoms with van der Waals surface area (Å²) in [6, 6.07) is 21.0. The second kappa shape index (κ2) is 8.55. The summed E-state index contributed by atoms with van der Waals surface area (Å²) in [4.78, 5) is 9.26. The lowest BCUT2D eigenvalue weighted by molar-refractivity contribution is 0.414. The molecule has 0 bridgehead atoms. The van der Waals surface area contributed by atoms with Gasteiger partial charge in [-0.15, -0.1) is 0 Å². The molecule has 0 unspecified atom stereocenters. The van der Waals surface area contributed by atoms with Crippen molar-refractivity contribution in [3.05, 3.63) is 82.3 Å². The Morgan fingerprint density at radius 2 is 1.62 bits per heavy atom. The molecule has 0 radical (unpaired) electrons. The van der Waals surface area contributed by atoms with E-state index in [0.717, 1.165) is 33.7 Å². The number of para-hydroxylation sites is 1. The van der Waals surface area contributed by atoms with E-state index in [1.165, 1.54) is 0 Å². The zero-order valence-corrected chi connectivity index (χ0v) is 17.1. The van der Waals surface area contributed by atoms with E-state index in [0.29, 0.717) is 22.5 Å². The van der Waals surface area contributed by atoms with Gasteiger partial charge in [-0.3, -0.25) is 0 Å². The second-order valence-electron chi connectivity index (χ2n) is 6.40. The molecule has 0 saturated heterocycles. The van der Waals surface area contributed by atoms with E-state index < -0.39 is 0 Å². The average Bonchev–Trinajstić information content (AvgIpc) is 2.71. The van der Waals surface area contributed by atoms with Crippen molar-refractivity contribution in [3.63, 3.8) is 0 Å². The van der Waals surface area contributed by atoms with Gasteiger partial charge < -0.3 is 15.4 Å². The van der Waals surface area contributed by atoms with Gasteiger partial charge in [-0.05, 0) is 48.0 Å². The van der Waals surface area contributed by atoms with Gasteiger partial charge in [0.25, 0.3) is 0 Å². The van der Waals surface area contributed by atoms with Gasteiger partial charge in [0.1, 0.15) is 11.6 Å². The summed E-state index contributed by atoms with van der Waals surface area (Å²) in [5.74, 6) is 2.02. The Bertz CT molecular complexity index is 1130. The van der Waals surface area contributed by atoms with Crippen molar-refractivity contribution in [3.8, 4) is 5.75 Å². The monoisotopic (exact) mass is 424 g/mol. The van der Waals surface area contributed by atoms with Crippen LogP contribution in [0.1, 0.15) is 5.56 Å². The molecule has 0 saturated carbocycles. The number of nitrogens with one attached hydrogen (secondary N) is 2. The number of anilines is 3. The fraction of sp³-hybridized carbons (Fsp3) is 0.0909. The van der Waals surface area contributed by atoms with Gasteiger partial charge in [0.2, 0.25) is 5.95 Å². The van der Waals surface area contributed by atoms with E-state index in [1.807, 2.05) is 48.5 Å². The summed E-state index contributed by atoms with van der Waals surface area (Å²) >= 11 is 12.2. The third kappa shape index (κ3) is 4.70. The summed E-state index contributed by atoms with van der Waals surface area (Å²) in [5.41, 5.74) is 2.67. The van der Waals surface area contributed by atoms with Crippen LogP contribution in [0.25, 0.3) is 10.9 Å². The summed E-state index contributed by atoms with van der Waals surface area (Å²) < 4.78 is 5.21. The Hall–Kier alpha value is -3.02. The molecule has 0 aliphatic heterocycles. The minimum atomic E-state index is 0.458. The third-order valence-electron chi connectivity index (χ3n) is 4.34. The van der Waals surface area contributed by atoms with Gasteiger partial charge in [-0.2, -0.15) is 4.98 Å². The molecule has 0 aliphatic carbocycles. The molecule has 0 amide bonds. The molecule has 7 heteroatoms. The predicted molar refractivity (Wildman–Crippen MR) is 120 cm³/mol. The van der Waals surface area contributed by atoms with Gasteiger partial charge in [-0.25, -0.2) is 4.98 Å². The molecule has 4 aromatic rings. The Labute approximate surface area is 178 Å². The molecule has 29 heavy (non-hydrogen) atoms. The molecular weight excluding hydrogens is 407 g/mol. The maximum Gasteiger partial charge on any atom is 0.229 e. The lowest BCUT2D eigenvalue weighted by Gasteiger charge is -2.12. The van der Waals surface area contributed by atoms with Crippen molar-refractivity contribution >= 4 is 51.6 Å². The number of halogens is 2. The molecular formula is C22H18Cl2N4O. The molecule has 4 rings (SSSR count). The number of benzene rings is 3. The first-order valence-corrected chi connectivity index (χ1v) is 9.73. The quantitative estimate of drug-likeness (QED) is 0.380. The number of rotatable bonds is 6. The normalized spacial score (nSPS) is 10.7. The highest BCUT2D eigenvalue weighted by Gasteiger charge is 2.09. The lowest BCUT2D eigenvalue weighted by Crippen LogP contribution is -2.05. The molecule has 5 nitrogen and oxygen atoms in total. The maximum atomic E-state index is 6.10. The van der Waals surface area contributed by atoms with Crippen LogP contribution in [0.3, 0.4) is 0 Å². The van der Waals surface area contributed by atoms with Crippen molar-refractivity contribution in [2.45, 2.75) is 6.54 Å². The van der Waals surface area contributed by atoms with E-state index in [1.54, 1.807) is 25.3 Å². The zero-order chi connectivity index (χ0) is 20.2. The molecule has 1 heterocycles. The first-order valence-electron chi connectivity index (χ1n) is 8.97. The molecule has 3 aromatic carbocycles. The number of hydrogen-bond acceptors (Lipinski definition) is 5. The highest BCUT2D eigenvalue weighted by atomic mass is 35.5. The topological polar surface area (TPSA) is 59.1 Å². The van der Waals surface area contributed by atoms with Crippen molar-refractivity contribution in [1.29, 1.82) is 0 Å². The average molecular weight is 425 g/mol. The number of ether oxygens (including phenoxy) is 1. The first-order chi connectivity index (χ1) is 14.1. The first kappa shape index (κ1) is 19.3. The van der Waals surface area contributed by atoms with Crippen LogP contribution in [-0.2, 0) is 6.54 Å². The lowest BCUT2D eigenvalue weighted by atomic mass is 10.2. The SMILES string of the molecule is COc1ccc(CNc2nc(Nc3cc(Cl)cc(Cl)c3)nc3ccccc23)cc1. The number of methoxy groups -OCH3 is 1. The highest BCUT2D eigenvalue weighted by Crippen LogP contribution is 2.27. The van der Waals surface area contributed by atoms with Crippen LogP contribution in [0.5, 0.6) is 5.75 Å². The van der Waals surface area contributed by atoms with Gasteiger partial charge in [0.15, 0.2) is 0 Å². The summed E-state index contributed by atoms with van der Waals surface area (Å²) in [5, 5.41) is 8.61. The van der Waals surface area contributed by atoms with Gasteiger partial charge in [0.05, 0.1) is 12.6 Å². The molecule has 0 atom stereocenters. The van der Waals surface area contributed by atoms with Crippen LogP contribution in [0.15, 0.2) is 66.7 Å². The van der Waals surface area contributed by atoms with E-state index in [-0.39, 0.29) is 0 Å². The van der Waals surface area contributed by atoms with Gasteiger partial charge in [-0.1, -0.05) is 47.5 Å². The van der Waals surface area contributed by atoms with Crippen LogP contribution >= 0.6 is 23.2 Å². The van der Waals surface area contributed by atoms with Crippen LogP contribution in [0.4, 0.5) is 17.5 Å². The van der Waals surface area contributed by atoms with E-state index >= 15 is 0 Å². The Morgan fingerprint density at radius 3 is 2.34 bits per heavy atom. The Morgan fingerprint density at radius 1 is 0.897 bits per heavy atom. The maximum absolute atomic E-state index is 6.10. The fourth-order valence-electron chi connectivity index (χ4n) is 2.95. The third-order valence-corrected chi connectivity index (χ3v) is 4.78. The largest absolute Gasteiger partial charge is 0.497 e. The van der Waals surface area contributed by atoms with E-state index in [9.17, 15) is 0 Å². The number of hydrogen-bond donors (Lipinski definition) is 2. The summed E-state index contributed by atoms with van der Waals surface area (Å²) in [7, 11) is 1.65. The standard InChI is InChI=1S/C22H18Cl2N4O/c1-29-18-8-6-14(7-9-18)13-25-21-19-4-2-3-5-20(19)27-22(28-21)26-17-11-15(23)10-16(24)12-17/h2-12H,13H2,1H3,(H2,25,26,27,28). The van der Waals surface area contributed by atoms with Crippen molar-refractivity contribution < 1.29 is 4.74 Å². The van der Waals surface area contributed by atoms with Crippen LogP contribution < -0.4 is 15.4 Å². The number of aromatic nitrogens is 2. The number of fused-ring (bicyclic) bond motifs is 1. The fourth-order valence-corrected chi connectivity index (χ4v) is 3.48. The summed E-state index contributed by atoms with van der Waals surface area (Å²) in [6.45, 7) is 0.618. The molecule has 0 aliphatic rings.